The average molecular weight is 219 g/mol. The van der Waals surface area contributed by atoms with E-state index in [9.17, 15) is 5.11 Å². The van der Waals surface area contributed by atoms with E-state index in [-0.39, 0.29) is 5.54 Å². The second kappa shape index (κ2) is 3.86. The van der Waals surface area contributed by atoms with Gasteiger partial charge in [0.15, 0.2) is 0 Å². The van der Waals surface area contributed by atoms with Crippen LogP contribution in [0.4, 0.5) is 0 Å². The molecule has 0 bridgehead atoms. The van der Waals surface area contributed by atoms with Crippen molar-refractivity contribution in [1.29, 1.82) is 0 Å². The molecule has 1 aliphatic rings. The monoisotopic (exact) mass is 219 g/mol. The van der Waals surface area contributed by atoms with E-state index in [1.54, 1.807) is 0 Å². The molecule has 88 valence electrons. The Kier molecular flexibility index (Phi) is 2.81. The first kappa shape index (κ1) is 11.6. The Balaban J connectivity index is 2.19. The van der Waals surface area contributed by atoms with E-state index in [1.807, 2.05) is 30.3 Å². The summed E-state index contributed by atoms with van der Waals surface area (Å²) in [5.41, 5.74) is 0.523. The molecule has 1 aliphatic heterocycles. The maximum absolute atomic E-state index is 10.7. The average Bonchev–Trinajstić information content (AvgIpc) is 2.63. The standard InChI is InChI=1S/C14H21NO/c1-13(2,3)15-10-9-14(16,11-15)12-7-5-4-6-8-12/h4-8,16H,9-11H2,1-3H3. The molecule has 1 fully saturated rings. The fraction of sp³-hybridized carbons (Fsp3) is 0.571. The van der Waals surface area contributed by atoms with Crippen molar-refractivity contribution in [2.45, 2.75) is 38.3 Å². The van der Waals surface area contributed by atoms with Crippen LogP contribution in [0.15, 0.2) is 30.3 Å². The lowest BCUT2D eigenvalue weighted by atomic mass is 9.93. The zero-order valence-corrected chi connectivity index (χ0v) is 10.4. The molecule has 1 saturated heterocycles. The summed E-state index contributed by atoms with van der Waals surface area (Å²) in [4.78, 5) is 2.35. The molecule has 2 rings (SSSR count). The molecular formula is C14H21NO. The molecule has 1 N–H and O–H groups in total. The lowest BCUT2D eigenvalue weighted by Gasteiger charge is -2.33. The van der Waals surface area contributed by atoms with Gasteiger partial charge in [-0.15, -0.1) is 0 Å². The van der Waals surface area contributed by atoms with Gasteiger partial charge in [0.25, 0.3) is 0 Å². The van der Waals surface area contributed by atoms with E-state index in [1.165, 1.54) is 0 Å². The van der Waals surface area contributed by atoms with Gasteiger partial charge in [-0.05, 0) is 32.8 Å². The molecule has 0 saturated carbocycles. The lowest BCUT2D eigenvalue weighted by Crippen LogP contribution is -2.42. The van der Waals surface area contributed by atoms with Crippen molar-refractivity contribution < 1.29 is 5.11 Å². The summed E-state index contributed by atoms with van der Waals surface area (Å²) in [7, 11) is 0. The first-order valence-electron chi connectivity index (χ1n) is 5.95. The number of likely N-dealkylation sites (tertiary alicyclic amines) is 1. The van der Waals surface area contributed by atoms with E-state index in [4.69, 9.17) is 0 Å². The van der Waals surface area contributed by atoms with Crippen molar-refractivity contribution >= 4 is 0 Å². The third kappa shape index (κ3) is 2.13. The normalized spacial score (nSPS) is 27.2. The van der Waals surface area contributed by atoms with Crippen molar-refractivity contribution in [2.24, 2.45) is 0 Å². The Hall–Kier alpha value is -0.860. The summed E-state index contributed by atoms with van der Waals surface area (Å²) >= 11 is 0. The number of aliphatic hydroxyl groups is 1. The first-order chi connectivity index (χ1) is 7.42. The van der Waals surface area contributed by atoms with Gasteiger partial charge in [-0.2, -0.15) is 0 Å². The third-order valence-corrected chi connectivity index (χ3v) is 3.51. The Bertz CT molecular complexity index is 355. The number of hydrogen-bond donors (Lipinski definition) is 1. The van der Waals surface area contributed by atoms with Gasteiger partial charge in [0.2, 0.25) is 0 Å². The molecule has 2 nitrogen and oxygen atoms in total. The van der Waals surface area contributed by atoms with Crippen LogP contribution >= 0.6 is 0 Å². The van der Waals surface area contributed by atoms with Gasteiger partial charge in [0, 0.05) is 18.6 Å². The molecule has 1 unspecified atom stereocenters. The highest BCUT2D eigenvalue weighted by molar-refractivity contribution is 5.24. The number of β-amino-alcohol motifs (C(OH)–C–C–N with tert-alkyl or cyclic N) is 1. The molecule has 16 heavy (non-hydrogen) atoms. The van der Waals surface area contributed by atoms with Gasteiger partial charge < -0.3 is 5.11 Å². The van der Waals surface area contributed by atoms with E-state index in [0.717, 1.165) is 25.1 Å². The Morgan fingerprint density at radius 2 is 1.81 bits per heavy atom. The van der Waals surface area contributed by atoms with Crippen LogP contribution in [0.3, 0.4) is 0 Å². The molecule has 0 aliphatic carbocycles. The van der Waals surface area contributed by atoms with Crippen molar-refractivity contribution in [1.82, 2.24) is 4.90 Å². The molecule has 0 aromatic heterocycles. The molecule has 1 aromatic carbocycles. The second-order valence-corrected chi connectivity index (χ2v) is 5.74. The highest BCUT2D eigenvalue weighted by Gasteiger charge is 2.40. The summed E-state index contributed by atoms with van der Waals surface area (Å²) in [6.07, 6.45) is 0.828. The number of benzene rings is 1. The number of rotatable bonds is 1. The van der Waals surface area contributed by atoms with E-state index < -0.39 is 5.60 Å². The maximum Gasteiger partial charge on any atom is 0.103 e. The SMILES string of the molecule is CC(C)(C)N1CCC(O)(c2ccccc2)C1. The van der Waals surface area contributed by atoms with Crippen molar-refractivity contribution in [3.8, 4) is 0 Å². The first-order valence-corrected chi connectivity index (χ1v) is 5.95. The van der Waals surface area contributed by atoms with Gasteiger partial charge >= 0.3 is 0 Å². The van der Waals surface area contributed by atoms with Crippen LogP contribution in [-0.4, -0.2) is 28.6 Å². The topological polar surface area (TPSA) is 23.5 Å². The van der Waals surface area contributed by atoms with Gasteiger partial charge in [-0.3, -0.25) is 4.90 Å². The Labute approximate surface area is 97.9 Å². The van der Waals surface area contributed by atoms with Gasteiger partial charge in [-0.1, -0.05) is 30.3 Å². The summed E-state index contributed by atoms with van der Waals surface area (Å²) in [5, 5.41) is 10.7. The van der Waals surface area contributed by atoms with E-state index in [2.05, 4.69) is 25.7 Å². The zero-order chi connectivity index (χ0) is 11.8. The van der Waals surface area contributed by atoms with Gasteiger partial charge in [0.1, 0.15) is 5.60 Å². The van der Waals surface area contributed by atoms with Gasteiger partial charge in [0.05, 0.1) is 0 Å². The molecule has 1 atom stereocenters. The van der Waals surface area contributed by atoms with Crippen molar-refractivity contribution in [3.63, 3.8) is 0 Å². The van der Waals surface area contributed by atoms with E-state index in [0.29, 0.717) is 0 Å². The molecule has 2 heteroatoms. The zero-order valence-electron chi connectivity index (χ0n) is 10.4. The number of hydrogen-bond acceptors (Lipinski definition) is 2. The lowest BCUT2D eigenvalue weighted by molar-refractivity contribution is 0.0326. The van der Waals surface area contributed by atoms with Crippen LogP contribution in [0.5, 0.6) is 0 Å². The molecule has 1 heterocycles. The van der Waals surface area contributed by atoms with Crippen LogP contribution in [-0.2, 0) is 5.60 Å². The highest BCUT2D eigenvalue weighted by atomic mass is 16.3. The Morgan fingerprint density at radius 1 is 1.19 bits per heavy atom. The minimum Gasteiger partial charge on any atom is -0.384 e. The van der Waals surface area contributed by atoms with Crippen molar-refractivity contribution in [2.75, 3.05) is 13.1 Å². The maximum atomic E-state index is 10.7. The smallest absolute Gasteiger partial charge is 0.103 e. The summed E-state index contributed by atoms with van der Waals surface area (Å²) in [5.74, 6) is 0. The second-order valence-electron chi connectivity index (χ2n) is 5.74. The van der Waals surface area contributed by atoms with Gasteiger partial charge in [-0.25, -0.2) is 0 Å². The third-order valence-electron chi connectivity index (χ3n) is 3.51. The number of nitrogens with zero attached hydrogens (tertiary/aromatic N) is 1. The molecule has 0 radical (unpaired) electrons. The molecule has 0 amide bonds. The van der Waals surface area contributed by atoms with Crippen LogP contribution in [0.25, 0.3) is 0 Å². The van der Waals surface area contributed by atoms with Crippen molar-refractivity contribution in [3.05, 3.63) is 35.9 Å². The van der Waals surface area contributed by atoms with Crippen LogP contribution in [0, 0.1) is 0 Å². The van der Waals surface area contributed by atoms with E-state index >= 15 is 0 Å². The summed E-state index contributed by atoms with van der Waals surface area (Å²) in [6, 6.07) is 10.0. The largest absolute Gasteiger partial charge is 0.384 e. The van der Waals surface area contributed by atoms with Crippen LogP contribution in [0.2, 0.25) is 0 Å². The predicted molar refractivity (Wildman–Crippen MR) is 66.3 cm³/mol. The Morgan fingerprint density at radius 3 is 2.31 bits per heavy atom. The highest BCUT2D eigenvalue weighted by Crippen LogP contribution is 2.34. The summed E-state index contributed by atoms with van der Waals surface area (Å²) in [6.45, 7) is 8.30. The molecule has 0 spiro atoms. The minimum absolute atomic E-state index is 0.138. The van der Waals surface area contributed by atoms with Crippen LogP contribution in [0.1, 0.15) is 32.8 Å². The minimum atomic E-state index is -0.658. The summed E-state index contributed by atoms with van der Waals surface area (Å²) < 4.78 is 0. The van der Waals surface area contributed by atoms with Crippen LogP contribution < -0.4 is 0 Å². The molecular weight excluding hydrogens is 198 g/mol. The fourth-order valence-corrected chi connectivity index (χ4v) is 2.35. The predicted octanol–water partition coefficient (Wildman–Crippen LogP) is 2.38. The fourth-order valence-electron chi connectivity index (χ4n) is 2.35. The quantitative estimate of drug-likeness (QED) is 0.784. The molecule has 1 aromatic rings.